The summed E-state index contributed by atoms with van der Waals surface area (Å²) in [5.74, 6) is 0.518. The van der Waals surface area contributed by atoms with E-state index in [1.807, 2.05) is 0 Å². The summed E-state index contributed by atoms with van der Waals surface area (Å²) >= 11 is 0. The van der Waals surface area contributed by atoms with Gasteiger partial charge in [-0.1, -0.05) is 13.8 Å². The molecule has 3 heteroatoms. The van der Waals surface area contributed by atoms with Gasteiger partial charge < -0.3 is 15.2 Å². The highest BCUT2D eigenvalue weighted by molar-refractivity contribution is 4.71. The highest BCUT2D eigenvalue weighted by atomic mass is 16.6. The molecule has 3 nitrogen and oxygen atoms in total. The van der Waals surface area contributed by atoms with Crippen molar-refractivity contribution in [1.82, 2.24) is 0 Å². The molecule has 0 aromatic carbocycles. The Bertz CT molecular complexity index is 117. The van der Waals surface area contributed by atoms with Crippen LogP contribution in [0.5, 0.6) is 0 Å². The van der Waals surface area contributed by atoms with Crippen molar-refractivity contribution >= 4 is 0 Å². The summed E-state index contributed by atoms with van der Waals surface area (Å²) in [7, 11) is 0. The topological polar surface area (TPSA) is 44.5 Å². The summed E-state index contributed by atoms with van der Waals surface area (Å²) in [6.07, 6.45) is 0.341. The Hall–Kier alpha value is -0.120. The number of ether oxygens (including phenoxy) is 2. The first-order chi connectivity index (χ1) is 5.24. The van der Waals surface area contributed by atoms with E-state index in [2.05, 4.69) is 13.8 Å². The van der Waals surface area contributed by atoms with Gasteiger partial charge in [-0.3, -0.25) is 0 Å². The molecule has 1 aliphatic heterocycles. The van der Waals surface area contributed by atoms with Crippen molar-refractivity contribution in [3.8, 4) is 0 Å². The summed E-state index contributed by atoms with van der Waals surface area (Å²) in [6, 6.07) is 0. The van der Waals surface area contributed by atoms with Crippen molar-refractivity contribution in [2.45, 2.75) is 26.1 Å². The predicted molar refractivity (Wildman–Crippen MR) is 43.4 cm³/mol. The maximum Gasteiger partial charge on any atom is 0.0935 e. The first-order valence-electron chi connectivity index (χ1n) is 4.17. The zero-order chi connectivity index (χ0) is 8.27. The second-order valence-corrected chi connectivity index (χ2v) is 3.31. The van der Waals surface area contributed by atoms with Gasteiger partial charge in [0.15, 0.2) is 0 Å². The van der Waals surface area contributed by atoms with Crippen molar-refractivity contribution in [3.63, 3.8) is 0 Å². The molecule has 2 N–H and O–H groups in total. The molecule has 1 saturated heterocycles. The maximum atomic E-state index is 5.65. The maximum absolute atomic E-state index is 5.65. The van der Waals surface area contributed by atoms with Crippen LogP contribution < -0.4 is 5.73 Å². The zero-order valence-electron chi connectivity index (χ0n) is 7.25. The predicted octanol–water partition coefficient (Wildman–Crippen LogP) is 0.385. The van der Waals surface area contributed by atoms with Crippen LogP contribution in [0, 0.1) is 5.92 Å². The molecule has 2 unspecified atom stereocenters. The first-order valence-corrected chi connectivity index (χ1v) is 4.17. The van der Waals surface area contributed by atoms with Gasteiger partial charge in [0.25, 0.3) is 0 Å². The van der Waals surface area contributed by atoms with E-state index >= 15 is 0 Å². The molecule has 0 saturated carbocycles. The fourth-order valence-corrected chi connectivity index (χ4v) is 1.11. The molecular weight excluding hydrogens is 142 g/mol. The lowest BCUT2D eigenvalue weighted by Crippen LogP contribution is -2.42. The summed E-state index contributed by atoms with van der Waals surface area (Å²) in [5.41, 5.74) is 5.46. The fraction of sp³-hybridized carbons (Fsp3) is 1.00. The van der Waals surface area contributed by atoms with Crippen molar-refractivity contribution in [3.05, 3.63) is 0 Å². The molecule has 0 radical (unpaired) electrons. The van der Waals surface area contributed by atoms with Gasteiger partial charge >= 0.3 is 0 Å². The number of hydrogen-bond acceptors (Lipinski definition) is 3. The highest BCUT2D eigenvalue weighted by Crippen LogP contribution is 2.14. The van der Waals surface area contributed by atoms with Crippen LogP contribution >= 0.6 is 0 Å². The van der Waals surface area contributed by atoms with Crippen LogP contribution in [0.3, 0.4) is 0 Å². The van der Waals surface area contributed by atoms with E-state index in [-0.39, 0.29) is 12.2 Å². The number of hydrogen-bond donors (Lipinski definition) is 1. The normalized spacial score (nSPS) is 32.7. The van der Waals surface area contributed by atoms with Gasteiger partial charge in [0.1, 0.15) is 0 Å². The minimum atomic E-state index is 0.108. The quantitative estimate of drug-likeness (QED) is 0.633. The third-order valence-corrected chi connectivity index (χ3v) is 1.96. The molecule has 11 heavy (non-hydrogen) atoms. The van der Waals surface area contributed by atoms with Crippen molar-refractivity contribution in [1.29, 1.82) is 0 Å². The Labute approximate surface area is 67.9 Å². The minimum Gasteiger partial charge on any atom is -0.376 e. The molecule has 0 aromatic rings. The lowest BCUT2D eigenvalue weighted by atomic mass is 10.1. The van der Waals surface area contributed by atoms with Gasteiger partial charge in [0.05, 0.1) is 25.4 Å². The molecule has 1 heterocycles. The second-order valence-electron chi connectivity index (χ2n) is 3.31. The Morgan fingerprint density at radius 2 is 2.18 bits per heavy atom. The van der Waals surface area contributed by atoms with E-state index in [0.29, 0.717) is 25.7 Å². The van der Waals surface area contributed by atoms with Crippen LogP contribution in [0.25, 0.3) is 0 Å². The van der Waals surface area contributed by atoms with Crippen molar-refractivity contribution in [2.24, 2.45) is 11.7 Å². The molecule has 0 spiro atoms. The molecule has 0 amide bonds. The van der Waals surface area contributed by atoms with Crippen LogP contribution in [0.2, 0.25) is 0 Å². The molecule has 0 bridgehead atoms. The van der Waals surface area contributed by atoms with Crippen LogP contribution in [0.1, 0.15) is 13.8 Å². The van der Waals surface area contributed by atoms with Crippen LogP contribution in [0.15, 0.2) is 0 Å². The molecule has 66 valence electrons. The number of nitrogens with two attached hydrogens (primary N) is 1. The van der Waals surface area contributed by atoms with Gasteiger partial charge in [-0.15, -0.1) is 0 Å². The third-order valence-electron chi connectivity index (χ3n) is 1.96. The monoisotopic (exact) mass is 159 g/mol. The highest BCUT2D eigenvalue weighted by Gasteiger charge is 2.23. The van der Waals surface area contributed by atoms with Crippen LogP contribution in [-0.4, -0.2) is 32.0 Å². The third kappa shape index (κ3) is 2.43. The SMILES string of the molecule is CC(C)C1COCC(CN)O1. The molecule has 1 rings (SSSR count). The largest absolute Gasteiger partial charge is 0.376 e. The first kappa shape index (κ1) is 8.97. The van der Waals surface area contributed by atoms with Crippen molar-refractivity contribution in [2.75, 3.05) is 19.8 Å². The van der Waals surface area contributed by atoms with Gasteiger partial charge in [0, 0.05) is 6.54 Å². The summed E-state index contributed by atoms with van der Waals surface area (Å²) < 4.78 is 11.0. The minimum absolute atomic E-state index is 0.108. The Balaban J connectivity index is 2.33. The standard InChI is InChI=1S/C8H17NO2/c1-6(2)8-5-10-4-7(3-9)11-8/h6-8H,3-5,9H2,1-2H3. The van der Waals surface area contributed by atoms with Crippen molar-refractivity contribution < 1.29 is 9.47 Å². The Morgan fingerprint density at radius 1 is 1.45 bits per heavy atom. The van der Waals surface area contributed by atoms with Crippen LogP contribution in [-0.2, 0) is 9.47 Å². The van der Waals surface area contributed by atoms with Gasteiger partial charge in [0.2, 0.25) is 0 Å². The van der Waals surface area contributed by atoms with E-state index in [1.165, 1.54) is 0 Å². The van der Waals surface area contributed by atoms with Crippen LogP contribution in [0.4, 0.5) is 0 Å². The van der Waals surface area contributed by atoms with E-state index in [4.69, 9.17) is 15.2 Å². The Morgan fingerprint density at radius 3 is 2.73 bits per heavy atom. The number of rotatable bonds is 2. The Kier molecular flexibility index (Phi) is 3.30. The van der Waals surface area contributed by atoms with Gasteiger partial charge in [-0.05, 0) is 5.92 Å². The van der Waals surface area contributed by atoms with E-state index in [0.717, 1.165) is 0 Å². The van der Waals surface area contributed by atoms with E-state index in [1.54, 1.807) is 0 Å². The molecule has 0 aromatic heterocycles. The molecule has 1 fully saturated rings. The molecule has 2 atom stereocenters. The lowest BCUT2D eigenvalue weighted by Gasteiger charge is -2.31. The average molecular weight is 159 g/mol. The average Bonchev–Trinajstić information content (AvgIpc) is 2.05. The fourth-order valence-electron chi connectivity index (χ4n) is 1.11. The van der Waals surface area contributed by atoms with Gasteiger partial charge in [-0.2, -0.15) is 0 Å². The second kappa shape index (κ2) is 4.04. The summed E-state index contributed by atoms with van der Waals surface area (Å²) in [5, 5.41) is 0. The molecular formula is C8H17NO2. The summed E-state index contributed by atoms with van der Waals surface area (Å²) in [4.78, 5) is 0. The zero-order valence-corrected chi connectivity index (χ0v) is 7.25. The molecule has 1 aliphatic rings. The van der Waals surface area contributed by atoms with E-state index < -0.39 is 0 Å². The molecule has 0 aliphatic carbocycles. The summed E-state index contributed by atoms with van der Waals surface area (Å²) in [6.45, 7) is 6.19. The smallest absolute Gasteiger partial charge is 0.0935 e. The van der Waals surface area contributed by atoms with Gasteiger partial charge in [-0.25, -0.2) is 0 Å². The van der Waals surface area contributed by atoms with E-state index in [9.17, 15) is 0 Å². The lowest BCUT2D eigenvalue weighted by molar-refractivity contribution is -0.148.